The zero-order chi connectivity index (χ0) is 23.4. The first-order valence-corrected chi connectivity index (χ1v) is 9.53. The minimum absolute atomic E-state index is 0.151. The van der Waals surface area contributed by atoms with Crippen LogP contribution in [0.1, 0.15) is 38.3 Å². The number of halogens is 3. The highest BCUT2D eigenvalue weighted by Crippen LogP contribution is 2.29. The Morgan fingerprint density at radius 2 is 1.78 bits per heavy atom. The van der Waals surface area contributed by atoms with Crippen molar-refractivity contribution >= 4 is 12.0 Å². The first-order valence-electron chi connectivity index (χ1n) is 9.53. The third-order valence-corrected chi connectivity index (χ3v) is 3.93. The van der Waals surface area contributed by atoms with Crippen molar-refractivity contribution in [3.63, 3.8) is 0 Å². The minimum Gasteiger partial charge on any atom is -0.444 e. The van der Waals surface area contributed by atoms with Crippen molar-refractivity contribution in [2.45, 2.75) is 38.6 Å². The van der Waals surface area contributed by atoms with E-state index < -0.39 is 29.8 Å². The maximum absolute atomic E-state index is 12.6. The predicted molar refractivity (Wildman–Crippen MR) is 107 cm³/mol. The maximum Gasteiger partial charge on any atom is 0.471 e. The normalized spacial score (nSPS) is 12.8. The average molecular weight is 450 g/mol. The van der Waals surface area contributed by atoms with Gasteiger partial charge in [-0.2, -0.15) is 18.2 Å². The summed E-state index contributed by atoms with van der Waals surface area (Å²) in [5.74, 6) is -1.55. The van der Waals surface area contributed by atoms with E-state index in [-0.39, 0.29) is 23.9 Å². The number of benzene rings is 1. The van der Waals surface area contributed by atoms with E-state index in [4.69, 9.17) is 4.74 Å². The highest BCUT2D eigenvalue weighted by atomic mass is 19.4. The summed E-state index contributed by atoms with van der Waals surface area (Å²) in [6, 6.07) is 8.86. The number of carbonyl (C=O) groups is 1. The second kappa shape index (κ2) is 9.20. The Labute approximate surface area is 181 Å². The Morgan fingerprint density at radius 3 is 2.34 bits per heavy atom. The molecule has 12 heteroatoms. The van der Waals surface area contributed by atoms with Gasteiger partial charge < -0.3 is 19.9 Å². The molecule has 2 N–H and O–H groups in total. The summed E-state index contributed by atoms with van der Waals surface area (Å²) in [4.78, 5) is 23.5. The molecule has 1 atom stereocenters. The van der Waals surface area contributed by atoms with Crippen LogP contribution in [0.25, 0.3) is 11.4 Å². The Bertz CT molecular complexity index is 1030. The number of nitrogens with zero attached hydrogens (tertiary/aromatic N) is 4. The van der Waals surface area contributed by atoms with E-state index in [1.807, 2.05) is 30.3 Å². The largest absolute Gasteiger partial charge is 0.471 e. The van der Waals surface area contributed by atoms with Gasteiger partial charge in [-0.1, -0.05) is 35.5 Å². The number of alkyl carbamates (subject to hydrolysis) is 1. The Morgan fingerprint density at radius 1 is 1.12 bits per heavy atom. The van der Waals surface area contributed by atoms with Crippen molar-refractivity contribution in [3.8, 4) is 11.4 Å². The Hall–Kier alpha value is -3.70. The summed E-state index contributed by atoms with van der Waals surface area (Å²) in [6.07, 6.45) is -2.78. The number of anilines is 1. The third kappa shape index (κ3) is 6.40. The molecule has 9 nitrogen and oxygen atoms in total. The summed E-state index contributed by atoms with van der Waals surface area (Å²) in [5.41, 5.74) is 0.363. The number of carbonyl (C=O) groups excluding carboxylic acids is 1. The van der Waals surface area contributed by atoms with Crippen molar-refractivity contribution in [1.82, 2.24) is 25.4 Å². The molecule has 32 heavy (non-hydrogen) atoms. The summed E-state index contributed by atoms with van der Waals surface area (Å²) in [6.45, 7) is 5.45. The fourth-order valence-electron chi connectivity index (χ4n) is 2.57. The van der Waals surface area contributed by atoms with Crippen LogP contribution in [0.2, 0.25) is 0 Å². The third-order valence-electron chi connectivity index (χ3n) is 3.93. The van der Waals surface area contributed by atoms with Crippen LogP contribution in [0.3, 0.4) is 0 Å². The molecule has 170 valence electrons. The lowest BCUT2D eigenvalue weighted by Crippen LogP contribution is -2.36. The van der Waals surface area contributed by atoms with Gasteiger partial charge in [-0.05, 0) is 26.3 Å². The molecule has 0 aliphatic carbocycles. The molecule has 2 aromatic heterocycles. The molecular formula is C20H21F3N6O3. The van der Waals surface area contributed by atoms with Gasteiger partial charge in [0, 0.05) is 18.9 Å². The number of aromatic nitrogens is 4. The van der Waals surface area contributed by atoms with Gasteiger partial charge in [0.15, 0.2) is 0 Å². The van der Waals surface area contributed by atoms with Crippen molar-refractivity contribution in [2.24, 2.45) is 0 Å². The van der Waals surface area contributed by atoms with Gasteiger partial charge in [0.2, 0.25) is 11.8 Å². The fourth-order valence-corrected chi connectivity index (χ4v) is 2.57. The Kier molecular flexibility index (Phi) is 6.61. The number of alkyl halides is 3. The maximum atomic E-state index is 12.6. The number of amides is 1. The molecule has 0 fully saturated rings. The van der Waals surface area contributed by atoms with Gasteiger partial charge in [-0.25, -0.2) is 14.8 Å². The van der Waals surface area contributed by atoms with Crippen molar-refractivity contribution in [3.05, 3.63) is 54.2 Å². The van der Waals surface area contributed by atoms with E-state index >= 15 is 0 Å². The zero-order valence-electron chi connectivity index (χ0n) is 17.5. The van der Waals surface area contributed by atoms with Crippen LogP contribution in [0.5, 0.6) is 0 Å². The lowest BCUT2D eigenvalue weighted by molar-refractivity contribution is -0.159. The van der Waals surface area contributed by atoms with Crippen molar-refractivity contribution < 1.29 is 27.2 Å². The van der Waals surface area contributed by atoms with Crippen LogP contribution in [0, 0.1) is 0 Å². The summed E-state index contributed by atoms with van der Waals surface area (Å²) in [7, 11) is 0. The summed E-state index contributed by atoms with van der Waals surface area (Å²) < 4.78 is 47.4. The molecule has 0 radical (unpaired) electrons. The van der Waals surface area contributed by atoms with Crippen LogP contribution >= 0.6 is 0 Å². The van der Waals surface area contributed by atoms with Crippen molar-refractivity contribution in [1.29, 1.82) is 0 Å². The lowest BCUT2D eigenvalue weighted by Gasteiger charge is -2.23. The molecule has 1 aromatic carbocycles. The van der Waals surface area contributed by atoms with Crippen LogP contribution < -0.4 is 10.6 Å². The molecule has 3 rings (SSSR count). The molecule has 0 saturated carbocycles. The van der Waals surface area contributed by atoms with E-state index in [2.05, 4.69) is 35.3 Å². The number of rotatable bonds is 6. The smallest absolute Gasteiger partial charge is 0.444 e. The number of nitrogens with one attached hydrogen (secondary N) is 2. The van der Waals surface area contributed by atoms with E-state index in [0.717, 1.165) is 5.56 Å². The van der Waals surface area contributed by atoms with Gasteiger partial charge >= 0.3 is 18.2 Å². The molecule has 0 spiro atoms. The average Bonchev–Trinajstić information content (AvgIpc) is 3.22. The van der Waals surface area contributed by atoms with Gasteiger partial charge in [0.05, 0.1) is 11.6 Å². The van der Waals surface area contributed by atoms with Crippen LogP contribution in [-0.4, -0.2) is 38.3 Å². The molecule has 0 aliphatic heterocycles. The quantitative estimate of drug-likeness (QED) is 0.574. The van der Waals surface area contributed by atoms with Crippen LogP contribution in [0.15, 0.2) is 47.2 Å². The van der Waals surface area contributed by atoms with Crippen LogP contribution in [0.4, 0.5) is 23.9 Å². The first-order chi connectivity index (χ1) is 15.0. The van der Waals surface area contributed by atoms with Crippen LogP contribution in [-0.2, 0) is 10.9 Å². The summed E-state index contributed by atoms with van der Waals surface area (Å²) >= 11 is 0. The van der Waals surface area contributed by atoms with Gasteiger partial charge in [0.1, 0.15) is 5.60 Å². The van der Waals surface area contributed by atoms with E-state index in [0.29, 0.717) is 0 Å². The number of ether oxygens (including phenoxy) is 1. The molecule has 0 aliphatic rings. The number of hydrogen-bond donors (Lipinski definition) is 2. The Balaban J connectivity index is 1.72. The highest BCUT2D eigenvalue weighted by Gasteiger charge is 2.38. The van der Waals surface area contributed by atoms with E-state index in [9.17, 15) is 18.0 Å². The molecule has 0 bridgehead atoms. The molecular weight excluding hydrogens is 429 g/mol. The van der Waals surface area contributed by atoms with Gasteiger partial charge in [-0.15, -0.1) is 0 Å². The minimum atomic E-state index is -4.74. The zero-order valence-corrected chi connectivity index (χ0v) is 17.5. The van der Waals surface area contributed by atoms with Crippen molar-refractivity contribution in [2.75, 3.05) is 11.9 Å². The predicted octanol–water partition coefficient (Wildman–Crippen LogP) is 4.22. The van der Waals surface area contributed by atoms with Gasteiger partial charge in [-0.3, -0.25) is 0 Å². The number of hydrogen-bond acceptors (Lipinski definition) is 8. The molecule has 3 aromatic rings. The van der Waals surface area contributed by atoms with E-state index in [1.165, 1.54) is 12.4 Å². The van der Waals surface area contributed by atoms with Gasteiger partial charge in [0.25, 0.3) is 0 Å². The topological polar surface area (TPSA) is 115 Å². The molecule has 1 amide bonds. The monoisotopic (exact) mass is 450 g/mol. The molecule has 1 unspecified atom stereocenters. The summed E-state index contributed by atoms with van der Waals surface area (Å²) in [5, 5.41) is 9.08. The molecule has 0 saturated heterocycles. The standard InChI is InChI=1S/C20H21F3N6O3/c1-19(2,3)31-18(30)26-11-14(12-7-5-4-6-8-12)27-17-24-9-13(10-25-17)15-28-16(32-29-15)20(21,22)23/h4-10,14H,11H2,1-3H3,(H,26,30)(H,24,25,27). The second-order valence-corrected chi connectivity index (χ2v) is 7.71. The SMILES string of the molecule is CC(C)(C)OC(=O)NCC(Nc1ncc(-c2noc(C(F)(F)F)n2)cn1)c1ccccc1. The fraction of sp³-hybridized carbons (Fsp3) is 0.350. The molecule has 2 heterocycles. The second-order valence-electron chi connectivity index (χ2n) is 7.71. The highest BCUT2D eigenvalue weighted by molar-refractivity contribution is 5.67. The van der Waals surface area contributed by atoms with E-state index in [1.54, 1.807) is 20.8 Å². The first kappa shape index (κ1) is 23.0. The lowest BCUT2D eigenvalue weighted by atomic mass is 10.1.